The van der Waals surface area contributed by atoms with Gasteiger partial charge in [0.15, 0.2) is 12.4 Å². The highest BCUT2D eigenvalue weighted by molar-refractivity contribution is 7.16. The van der Waals surface area contributed by atoms with Gasteiger partial charge >= 0.3 is 5.97 Å². The van der Waals surface area contributed by atoms with E-state index in [1.807, 2.05) is 6.07 Å². The number of carbonyl (C=O) groups excluding carboxylic acids is 3. The summed E-state index contributed by atoms with van der Waals surface area (Å²) in [6.45, 7) is -0.439. The van der Waals surface area contributed by atoms with Crippen LogP contribution < -0.4 is 5.32 Å². The van der Waals surface area contributed by atoms with E-state index < -0.39 is 18.5 Å². The lowest BCUT2D eigenvalue weighted by atomic mass is 10.1. The molecule has 2 aromatic rings. The molecule has 27 heavy (non-hydrogen) atoms. The maximum Gasteiger partial charge on any atom is 0.306 e. The van der Waals surface area contributed by atoms with Gasteiger partial charge in [0.1, 0.15) is 11.1 Å². The molecule has 1 amide bonds. The molecule has 0 unspecified atom stereocenters. The zero-order valence-corrected chi connectivity index (χ0v) is 15.4. The van der Waals surface area contributed by atoms with E-state index in [0.29, 0.717) is 16.1 Å². The molecule has 0 atom stereocenters. The van der Waals surface area contributed by atoms with Gasteiger partial charge in [0.25, 0.3) is 5.91 Å². The number of Topliss-reactive ketones (excluding diaryl/α,β-unsaturated/α-hetero) is 1. The fourth-order valence-corrected chi connectivity index (χ4v) is 4.23. The van der Waals surface area contributed by atoms with Crippen LogP contribution in [0.5, 0.6) is 0 Å². The third-order valence-electron chi connectivity index (χ3n) is 4.30. The molecule has 138 valence electrons. The first-order chi connectivity index (χ1) is 13.1. The Bertz CT molecular complexity index is 912. The van der Waals surface area contributed by atoms with Crippen molar-refractivity contribution in [1.29, 1.82) is 5.26 Å². The number of nitriles is 1. The van der Waals surface area contributed by atoms with E-state index in [0.717, 1.165) is 29.7 Å². The average molecular weight is 382 g/mol. The number of carbonyl (C=O) groups is 3. The van der Waals surface area contributed by atoms with Crippen molar-refractivity contribution in [3.63, 3.8) is 0 Å². The number of ether oxygens (including phenoxy) is 1. The minimum atomic E-state index is -0.608. The van der Waals surface area contributed by atoms with E-state index >= 15 is 0 Å². The fourth-order valence-electron chi connectivity index (χ4n) is 2.98. The van der Waals surface area contributed by atoms with E-state index in [1.165, 1.54) is 11.3 Å². The molecule has 3 rings (SSSR count). The number of esters is 1. The molecule has 0 spiro atoms. The maximum absolute atomic E-state index is 12.0. The Morgan fingerprint density at radius 2 is 1.93 bits per heavy atom. The van der Waals surface area contributed by atoms with Crippen LogP contribution in [0, 0.1) is 11.3 Å². The van der Waals surface area contributed by atoms with Crippen LogP contribution in [0.1, 0.15) is 45.6 Å². The lowest BCUT2D eigenvalue weighted by Gasteiger charge is -2.06. The number of nitrogens with zero attached hydrogens (tertiary/aromatic N) is 1. The summed E-state index contributed by atoms with van der Waals surface area (Å²) in [5, 5.41) is 12.5. The lowest BCUT2D eigenvalue weighted by molar-refractivity contribution is -0.147. The van der Waals surface area contributed by atoms with Gasteiger partial charge in [-0.1, -0.05) is 30.3 Å². The predicted molar refractivity (Wildman–Crippen MR) is 101 cm³/mol. The molecular formula is C20H18N2O4S. The summed E-state index contributed by atoms with van der Waals surface area (Å²) in [5.74, 6) is -1.25. The molecule has 1 N–H and O–H groups in total. The van der Waals surface area contributed by atoms with Gasteiger partial charge < -0.3 is 10.1 Å². The molecule has 0 saturated carbocycles. The van der Waals surface area contributed by atoms with E-state index in [2.05, 4.69) is 11.4 Å². The van der Waals surface area contributed by atoms with Crippen molar-refractivity contribution in [2.45, 2.75) is 32.1 Å². The summed E-state index contributed by atoms with van der Waals surface area (Å²) in [5.41, 5.74) is 2.08. The largest absolute Gasteiger partial charge is 0.456 e. The Morgan fingerprint density at radius 1 is 1.15 bits per heavy atom. The number of fused-ring (bicyclic) bond motifs is 1. The predicted octanol–water partition coefficient (Wildman–Crippen LogP) is 3.25. The Labute approximate surface area is 160 Å². The van der Waals surface area contributed by atoms with Crippen molar-refractivity contribution in [2.75, 3.05) is 11.9 Å². The fraction of sp³-hybridized carbons (Fsp3) is 0.300. The van der Waals surface area contributed by atoms with Crippen LogP contribution in [0.4, 0.5) is 5.00 Å². The lowest BCUT2D eigenvalue weighted by Crippen LogP contribution is -2.21. The molecule has 1 heterocycles. The molecule has 0 aliphatic heterocycles. The topological polar surface area (TPSA) is 96.3 Å². The number of anilines is 1. The summed E-state index contributed by atoms with van der Waals surface area (Å²) in [6, 6.07) is 10.8. The van der Waals surface area contributed by atoms with Crippen LogP contribution in [-0.2, 0) is 27.2 Å². The van der Waals surface area contributed by atoms with E-state index in [1.54, 1.807) is 24.3 Å². The summed E-state index contributed by atoms with van der Waals surface area (Å²) in [4.78, 5) is 36.9. The highest BCUT2D eigenvalue weighted by Gasteiger charge is 2.23. The molecule has 0 radical (unpaired) electrons. The second kappa shape index (κ2) is 8.60. The molecule has 7 heteroatoms. The van der Waals surface area contributed by atoms with E-state index in [4.69, 9.17) is 4.74 Å². The summed E-state index contributed by atoms with van der Waals surface area (Å²) >= 11 is 1.41. The first kappa shape index (κ1) is 18.8. The molecule has 1 aromatic carbocycles. The van der Waals surface area contributed by atoms with Crippen molar-refractivity contribution < 1.29 is 19.1 Å². The number of amides is 1. The van der Waals surface area contributed by atoms with Crippen LogP contribution in [0.25, 0.3) is 0 Å². The van der Waals surface area contributed by atoms with Gasteiger partial charge in [-0.3, -0.25) is 14.4 Å². The van der Waals surface area contributed by atoms with Crippen LogP contribution in [0.2, 0.25) is 0 Å². The number of thiophene rings is 1. The minimum absolute atomic E-state index is 0.0285. The molecule has 0 fully saturated rings. The normalized spacial score (nSPS) is 12.1. The molecular weight excluding hydrogens is 364 g/mol. The summed E-state index contributed by atoms with van der Waals surface area (Å²) in [6.07, 6.45) is 2.76. The Kier molecular flexibility index (Phi) is 5.99. The zero-order valence-electron chi connectivity index (χ0n) is 14.6. The van der Waals surface area contributed by atoms with Gasteiger partial charge in [0, 0.05) is 16.9 Å². The number of benzene rings is 1. The Hall–Kier alpha value is -2.98. The average Bonchev–Trinajstić information content (AvgIpc) is 3.25. The monoisotopic (exact) mass is 382 g/mol. The molecule has 1 aliphatic carbocycles. The van der Waals surface area contributed by atoms with Crippen molar-refractivity contribution in [3.05, 3.63) is 51.9 Å². The van der Waals surface area contributed by atoms with Gasteiger partial charge in [0.2, 0.25) is 0 Å². The molecule has 0 saturated heterocycles. The number of ketones is 1. The van der Waals surface area contributed by atoms with Gasteiger partial charge in [-0.15, -0.1) is 11.3 Å². The molecule has 1 aromatic heterocycles. The van der Waals surface area contributed by atoms with Crippen molar-refractivity contribution in [1.82, 2.24) is 0 Å². The van der Waals surface area contributed by atoms with Crippen LogP contribution >= 0.6 is 11.3 Å². The van der Waals surface area contributed by atoms with Gasteiger partial charge in [-0.25, -0.2) is 0 Å². The van der Waals surface area contributed by atoms with Crippen molar-refractivity contribution >= 4 is 34.0 Å². The number of hydrogen-bond donors (Lipinski definition) is 1. The van der Waals surface area contributed by atoms with Crippen molar-refractivity contribution in [3.8, 4) is 6.07 Å². The van der Waals surface area contributed by atoms with Crippen LogP contribution in [-0.4, -0.2) is 24.3 Å². The third kappa shape index (κ3) is 4.60. The molecule has 6 nitrogen and oxygen atoms in total. The zero-order chi connectivity index (χ0) is 19.2. The van der Waals surface area contributed by atoms with Gasteiger partial charge in [-0.05, 0) is 24.8 Å². The highest BCUT2D eigenvalue weighted by Crippen LogP contribution is 2.38. The minimum Gasteiger partial charge on any atom is -0.456 e. The summed E-state index contributed by atoms with van der Waals surface area (Å²) < 4.78 is 4.93. The molecule has 1 aliphatic rings. The SMILES string of the molecule is N#Cc1c(NC(=O)COC(=O)CCC(=O)c2ccccc2)sc2c1CCC2. The number of hydrogen-bond acceptors (Lipinski definition) is 6. The van der Waals surface area contributed by atoms with Gasteiger partial charge in [0.05, 0.1) is 12.0 Å². The second-order valence-electron chi connectivity index (χ2n) is 6.17. The summed E-state index contributed by atoms with van der Waals surface area (Å²) in [7, 11) is 0. The number of rotatable bonds is 7. The maximum atomic E-state index is 12.0. The van der Waals surface area contributed by atoms with E-state index in [-0.39, 0.29) is 18.6 Å². The third-order valence-corrected chi connectivity index (χ3v) is 5.51. The quantitative estimate of drug-likeness (QED) is 0.586. The van der Waals surface area contributed by atoms with E-state index in [9.17, 15) is 19.6 Å². The Balaban J connectivity index is 1.45. The Morgan fingerprint density at radius 3 is 2.67 bits per heavy atom. The molecule has 0 bridgehead atoms. The number of aryl methyl sites for hydroxylation is 1. The highest BCUT2D eigenvalue weighted by atomic mass is 32.1. The van der Waals surface area contributed by atoms with Crippen molar-refractivity contribution in [2.24, 2.45) is 0 Å². The standard InChI is InChI=1S/C20H18N2O4S/c21-11-15-14-7-4-8-17(14)27-20(15)22-18(24)12-26-19(25)10-9-16(23)13-5-2-1-3-6-13/h1-3,5-6H,4,7-10,12H2,(H,22,24). The second-order valence-corrected chi connectivity index (χ2v) is 7.28. The first-order valence-corrected chi connectivity index (χ1v) is 9.48. The van der Waals surface area contributed by atoms with Gasteiger partial charge in [-0.2, -0.15) is 5.26 Å². The van der Waals surface area contributed by atoms with Crippen LogP contribution in [0.3, 0.4) is 0 Å². The first-order valence-electron chi connectivity index (χ1n) is 8.67. The van der Waals surface area contributed by atoms with Crippen LogP contribution in [0.15, 0.2) is 30.3 Å². The number of nitrogens with one attached hydrogen (secondary N) is 1. The smallest absolute Gasteiger partial charge is 0.306 e.